The maximum absolute atomic E-state index is 10.5. The molecule has 1 aromatic carbocycles. The normalized spacial score (nSPS) is 9.92. The molecule has 1 N–H and O–H groups in total. The minimum atomic E-state index is -1.07. The number of halogens is 3. The largest absolute Gasteiger partial charge is 0.478 e. The van der Waals surface area contributed by atoms with Gasteiger partial charge in [-0.05, 0) is 28.1 Å². The van der Waals surface area contributed by atoms with Crippen molar-refractivity contribution in [2.45, 2.75) is 0 Å². The van der Waals surface area contributed by atoms with Crippen molar-refractivity contribution in [3.8, 4) is 0 Å². The van der Waals surface area contributed by atoms with E-state index in [-0.39, 0.29) is 10.6 Å². The summed E-state index contributed by atoms with van der Waals surface area (Å²) in [6.45, 7) is 0. The van der Waals surface area contributed by atoms with Gasteiger partial charge >= 0.3 is 5.97 Å². The predicted octanol–water partition coefficient (Wildman–Crippen LogP) is 3.45. The lowest BCUT2D eigenvalue weighted by Gasteiger charge is -2.00. The van der Waals surface area contributed by atoms with E-state index in [0.717, 1.165) is 0 Å². The molecule has 2 nitrogen and oxygen atoms in total. The number of hydrogen-bond acceptors (Lipinski definition) is 1. The molecule has 5 heteroatoms. The Hall–Kier alpha value is -0.250. The smallest absolute Gasteiger partial charge is 0.337 e. The summed E-state index contributed by atoms with van der Waals surface area (Å²) in [5.41, 5.74) is 0.0351. The average molecular weight is 270 g/mol. The summed E-state index contributed by atoms with van der Waals surface area (Å²) < 4.78 is 0.519. The van der Waals surface area contributed by atoms with E-state index in [1.807, 2.05) is 0 Å². The lowest BCUT2D eigenvalue weighted by atomic mass is 10.2. The summed E-state index contributed by atoms with van der Waals surface area (Å²) in [6, 6.07) is 2.75. The Kier molecular flexibility index (Phi) is 2.99. The van der Waals surface area contributed by atoms with Gasteiger partial charge in [0.05, 0.1) is 15.6 Å². The third-order valence-electron chi connectivity index (χ3n) is 1.24. The molecule has 0 saturated heterocycles. The van der Waals surface area contributed by atoms with Crippen molar-refractivity contribution in [1.82, 2.24) is 0 Å². The highest BCUT2D eigenvalue weighted by Crippen LogP contribution is 2.29. The Morgan fingerprint density at radius 2 is 1.92 bits per heavy atom. The third kappa shape index (κ3) is 1.91. The van der Waals surface area contributed by atoms with Gasteiger partial charge in [-0.2, -0.15) is 0 Å². The molecule has 0 saturated carbocycles. The van der Waals surface area contributed by atoms with Gasteiger partial charge in [0.1, 0.15) is 0 Å². The van der Waals surface area contributed by atoms with Crippen molar-refractivity contribution < 1.29 is 9.90 Å². The predicted molar refractivity (Wildman–Crippen MR) is 51.1 cm³/mol. The van der Waals surface area contributed by atoms with Gasteiger partial charge in [0, 0.05) is 4.47 Å². The van der Waals surface area contributed by atoms with Gasteiger partial charge in [-0.3, -0.25) is 0 Å². The average Bonchev–Trinajstić information content (AvgIpc) is 1.96. The van der Waals surface area contributed by atoms with Gasteiger partial charge < -0.3 is 5.11 Å². The minimum Gasteiger partial charge on any atom is -0.478 e. The van der Waals surface area contributed by atoms with Crippen LogP contribution in [-0.2, 0) is 0 Å². The van der Waals surface area contributed by atoms with Crippen LogP contribution in [0.25, 0.3) is 0 Å². The van der Waals surface area contributed by atoms with E-state index < -0.39 is 5.97 Å². The Morgan fingerprint density at radius 1 is 1.33 bits per heavy atom. The van der Waals surface area contributed by atoms with E-state index in [9.17, 15) is 4.79 Å². The Balaban J connectivity index is 3.33. The van der Waals surface area contributed by atoms with E-state index in [1.54, 1.807) is 0 Å². The van der Waals surface area contributed by atoms with Gasteiger partial charge in [-0.15, -0.1) is 0 Å². The van der Waals surface area contributed by atoms with Gasteiger partial charge in [0.15, 0.2) is 0 Å². The number of rotatable bonds is 1. The molecule has 1 aromatic rings. The number of aromatic carboxylic acids is 1. The summed E-state index contributed by atoms with van der Waals surface area (Å²) in [6.07, 6.45) is 0. The highest BCUT2D eigenvalue weighted by molar-refractivity contribution is 9.10. The molecular weight excluding hydrogens is 267 g/mol. The van der Waals surface area contributed by atoms with Crippen LogP contribution in [0.4, 0.5) is 0 Å². The van der Waals surface area contributed by atoms with E-state index in [1.165, 1.54) is 12.1 Å². The second kappa shape index (κ2) is 3.64. The molecule has 0 spiro atoms. The zero-order valence-electron chi connectivity index (χ0n) is 5.64. The van der Waals surface area contributed by atoms with Crippen molar-refractivity contribution in [1.29, 1.82) is 0 Å². The summed E-state index contributed by atoms with van der Waals surface area (Å²) in [5.74, 6) is -1.07. The number of carboxylic acid groups (broad SMARTS) is 1. The maximum Gasteiger partial charge on any atom is 0.337 e. The van der Waals surface area contributed by atoms with E-state index in [0.29, 0.717) is 9.50 Å². The Morgan fingerprint density at radius 3 is 2.42 bits per heavy atom. The van der Waals surface area contributed by atoms with Crippen LogP contribution >= 0.6 is 39.1 Å². The zero-order chi connectivity index (χ0) is 9.30. The SMILES string of the molecule is O=C(O)c1cc(Br)c(Cl)cc1Cl. The summed E-state index contributed by atoms with van der Waals surface area (Å²) in [4.78, 5) is 10.5. The third-order valence-corrected chi connectivity index (χ3v) is 2.75. The number of carboxylic acids is 1. The molecule has 0 heterocycles. The van der Waals surface area contributed by atoms with E-state index >= 15 is 0 Å². The molecule has 0 aliphatic rings. The van der Waals surface area contributed by atoms with E-state index in [4.69, 9.17) is 28.3 Å². The Bertz CT molecular complexity index is 338. The van der Waals surface area contributed by atoms with Gasteiger partial charge in [-0.1, -0.05) is 23.2 Å². The van der Waals surface area contributed by atoms with Gasteiger partial charge in [0.2, 0.25) is 0 Å². The Labute approximate surface area is 87.2 Å². The zero-order valence-corrected chi connectivity index (χ0v) is 8.74. The number of benzene rings is 1. The van der Waals surface area contributed by atoms with Crippen LogP contribution in [0.2, 0.25) is 10.0 Å². The molecule has 0 atom stereocenters. The van der Waals surface area contributed by atoms with Crippen LogP contribution in [0.15, 0.2) is 16.6 Å². The second-order valence-electron chi connectivity index (χ2n) is 2.05. The molecular formula is C7H3BrCl2O2. The first-order chi connectivity index (χ1) is 5.52. The molecule has 0 bridgehead atoms. The first-order valence-corrected chi connectivity index (χ1v) is 4.45. The molecule has 1 rings (SSSR count). The van der Waals surface area contributed by atoms with Crippen LogP contribution in [0.3, 0.4) is 0 Å². The number of hydrogen-bond donors (Lipinski definition) is 1. The molecule has 0 aliphatic carbocycles. The van der Waals surface area contributed by atoms with Crippen molar-refractivity contribution in [2.24, 2.45) is 0 Å². The first-order valence-electron chi connectivity index (χ1n) is 2.90. The highest BCUT2D eigenvalue weighted by Gasteiger charge is 2.10. The molecule has 0 fully saturated rings. The second-order valence-corrected chi connectivity index (χ2v) is 3.72. The van der Waals surface area contributed by atoms with Crippen LogP contribution in [0, 0.1) is 0 Å². The van der Waals surface area contributed by atoms with Gasteiger partial charge in [-0.25, -0.2) is 4.79 Å². The van der Waals surface area contributed by atoms with Crippen molar-refractivity contribution in [3.63, 3.8) is 0 Å². The molecule has 12 heavy (non-hydrogen) atoms. The van der Waals surface area contributed by atoms with Crippen molar-refractivity contribution in [3.05, 3.63) is 32.2 Å². The van der Waals surface area contributed by atoms with Crippen molar-refractivity contribution >= 4 is 45.1 Å². The number of carbonyl (C=O) groups is 1. The fraction of sp³-hybridized carbons (Fsp3) is 0. The van der Waals surface area contributed by atoms with Gasteiger partial charge in [0.25, 0.3) is 0 Å². The van der Waals surface area contributed by atoms with Crippen LogP contribution in [-0.4, -0.2) is 11.1 Å². The molecule has 0 unspecified atom stereocenters. The topological polar surface area (TPSA) is 37.3 Å². The quantitative estimate of drug-likeness (QED) is 0.793. The molecule has 0 amide bonds. The minimum absolute atomic E-state index is 0.0351. The van der Waals surface area contributed by atoms with Crippen LogP contribution in [0.1, 0.15) is 10.4 Å². The summed E-state index contributed by atoms with van der Waals surface area (Å²) in [5, 5.41) is 9.16. The summed E-state index contributed by atoms with van der Waals surface area (Å²) in [7, 11) is 0. The summed E-state index contributed by atoms with van der Waals surface area (Å²) >= 11 is 14.4. The maximum atomic E-state index is 10.5. The first kappa shape index (κ1) is 9.84. The van der Waals surface area contributed by atoms with E-state index in [2.05, 4.69) is 15.9 Å². The fourth-order valence-electron chi connectivity index (χ4n) is 0.686. The highest BCUT2D eigenvalue weighted by atomic mass is 79.9. The fourth-order valence-corrected chi connectivity index (χ4v) is 1.49. The standard InChI is InChI=1S/C7H3BrCl2O2/c8-4-1-3(7(11)12)5(9)2-6(4)10/h1-2H,(H,11,12). The molecule has 0 aromatic heterocycles. The molecule has 0 radical (unpaired) electrons. The van der Waals surface area contributed by atoms with Crippen molar-refractivity contribution in [2.75, 3.05) is 0 Å². The lowest BCUT2D eigenvalue weighted by molar-refractivity contribution is 0.0697. The molecule has 64 valence electrons. The van der Waals surface area contributed by atoms with Crippen LogP contribution in [0.5, 0.6) is 0 Å². The molecule has 0 aliphatic heterocycles. The van der Waals surface area contributed by atoms with Crippen LogP contribution < -0.4 is 0 Å². The monoisotopic (exact) mass is 268 g/mol. The lowest BCUT2D eigenvalue weighted by Crippen LogP contribution is -1.97.